The Balaban J connectivity index is 1.60. The van der Waals surface area contributed by atoms with Gasteiger partial charge in [0.05, 0.1) is 22.5 Å². The van der Waals surface area contributed by atoms with Gasteiger partial charge in [0, 0.05) is 4.88 Å². The van der Waals surface area contributed by atoms with E-state index in [0.717, 1.165) is 20.1 Å². The highest BCUT2D eigenvalue weighted by Gasteiger charge is 2.12. The van der Waals surface area contributed by atoms with Crippen molar-refractivity contribution in [1.82, 2.24) is 9.71 Å². The van der Waals surface area contributed by atoms with E-state index in [0.29, 0.717) is 6.42 Å². The molecule has 0 unspecified atom stereocenters. The number of nitrogens with one attached hydrogen (secondary N) is 1. The van der Waals surface area contributed by atoms with Gasteiger partial charge in [-0.1, -0.05) is 18.2 Å². The quantitative estimate of drug-likeness (QED) is 0.751. The summed E-state index contributed by atoms with van der Waals surface area (Å²) in [7, 11) is -3.27. The van der Waals surface area contributed by atoms with Crippen LogP contribution in [-0.2, 0) is 23.0 Å². The Morgan fingerprint density at radius 3 is 2.76 bits per heavy atom. The minimum Gasteiger partial charge on any atom is -0.240 e. The molecule has 110 valence electrons. The summed E-state index contributed by atoms with van der Waals surface area (Å²) in [6, 6.07) is 11.7. The third kappa shape index (κ3) is 3.88. The molecular weight excluding hydrogens is 324 g/mol. The number of aryl methyl sites for hydroxylation is 1. The van der Waals surface area contributed by atoms with Gasteiger partial charge < -0.3 is 0 Å². The molecule has 1 N–H and O–H groups in total. The standard InChI is InChI=1S/C14H14N2O2S3/c17-21(18,9-7-11-4-3-8-19-11)15-10-14-16-12-5-1-2-6-13(12)20-14/h1-6,8,15H,7,9-10H2. The first-order chi connectivity index (χ1) is 10.1. The molecular formula is C14H14N2O2S3. The van der Waals surface area contributed by atoms with Crippen molar-refractivity contribution in [1.29, 1.82) is 0 Å². The van der Waals surface area contributed by atoms with Crippen LogP contribution < -0.4 is 4.72 Å². The lowest BCUT2D eigenvalue weighted by Crippen LogP contribution is -2.26. The van der Waals surface area contributed by atoms with Gasteiger partial charge >= 0.3 is 0 Å². The van der Waals surface area contributed by atoms with E-state index < -0.39 is 10.0 Å². The molecule has 0 radical (unpaired) electrons. The van der Waals surface area contributed by atoms with Crippen molar-refractivity contribution < 1.29 is 8.42 Å². The molecule has 3 rings (SSSR count). The van der Waals surface area contributed by atoms with E-state index in [-0.39, 0.29) is 12.3 Å². The topological polar surface area (TPSA) is 59.1 Å². The molecule has 7 heteroatoms. The van der Waals surface area contributed by atoms with Crippen LogP contribution in [0.1, 0.15) is 9.88 Å². The smallest absolute Gasteiger partial charge is 0.212 e. The fraction of sp³-hybridized carbons (Fsp3) is 0.214. The molecule has 3 aromatic rings. The fourth-order valence-electron chi connectivity index (χ4n) is 1.93. The van der Waals surface area contributed by atoms with E-state index in [4.69, 9.17) is 0 Å². The van der Waals surface area contributed by atoms with Crippen LogP contribution in [0.3, 0.4) is 0 Å². The van der Waals surface area contributed by atoms with Gasteiger partial charge in [0.2, 0.25) is 10.0 Å². The van der Waals surface area contributed by atoms with E-state index in [1.165, 1.54) is 11.3 Å². The molecule has 0 spiro atoms. The minimum atomic E-state index is -3.27. The number of rotatable bonds is 6. The molecule has 21 heavy (non-hydrogen) atoms. The first-order valence-electron chi connectivity index (χ1n) is 6.46. The molecule has 0 aliphatic heterocycles. The Bertz CT molecular complexity index is 790. The minimum absolute atomic E-state index is 0.110. The lowest BCUT2D eigenvalue weighted by Gasteiger charge is -2.03. The van der Waals surface area contributed by atoms with Crippen molar-refractivity contribution in [2.75, 3.05) is 5.75 Å². The maximum atomic E-state index is 12.0. The summed E-state index contributed by atoms with van der Waals surface area (Å²) >= 11 is 3.10. The molecule has 2 heterocycles. The van der Waals surface area contributed by atoms with Gasteiger partial charge in [0.15, 0.2) is 0 Å². The van der Waals surface area contributed by atoms with Crippen molar-refractivity contribution in [3.05, 3.63) is 51.7 Å². The third-order valence-corrected chi connectivity index (χ3v) is 6.28. The number of fused-ring (bicyclic) bond motifs is 1. The summed E-state index contributed by atoms with van der Waals surface area (Å²) in [4.78, 5) is 5.50. The van der Waals surface area contributed by atoms with Gasteiger partial charge in [-0.15, -0.1) is 22.7 Å². The molecule has 0 aliphatic rings. The zero-order chi connectivity index (χ0) is 14.7. The van der Waals surface area contributed by atoms with Crippen LogP contribution in [-0.4, -0.2) is 19.2 Å². The highest BCUT2D eigenvalue weighted by atomic mass is 32.2. The summed E-state index contributed by atoms with van der Waals surface area (Å²) in [6.45, 7) is 0.256. The van der Waals surface area contributed by atoms with Crippen LogP contribution >= 0.6 is 22.7 Å². The second-order valence-electron chi connectivity index (χ2n) is 4.54. The number of hydrogen-bond acceptors (Lipinski definition) is 5. The third-order valence-electron chi connectivity index (χ3n) is 2.98. The van der Waals surface area contributed by atoms with Gasteiger partial charge in [-0.25, -0.2) is 18.1 Å². The summed E-state index contributed by atoms with van der Waals surface area (Å²) < 4.78 is 27.7. The molecule has 0 fully saturated rings. The summed E-state index contributed by atoms with van der Waals surface area (Å²) in [5.74, 6) is 0.110. The maximum absolute atomic E-state index is 12.0. The molecule has 0 bridgehead atoms. The number of thiazole rings is 1. The van der Waals surface area contributed by atoms with Gasteiger partial charge in [0.25, 0.3) is 0 Å². The van der Waals surface area contributed by atoms with E-state index in [9.17, 15) is 8.42 Å². The molecule has 4 nitrogen and oxygen atoms in total. The second kappa shape index (κ2) is 6.23. The maximum Gasteiger partial charge on any atom is 0.212 e. The van der Waals surface area contributed by atoms with Crippen LogP contribution in [0.2, 0.25) is 0 Å². The number of benzene rings is 1. The number of hydrogen-bond donors (Lipinski definition) is 1. The van der Waals surface area contributed by atoms with Gasteiger partial charge in [-0.3, -0.25) is 0 Å². The monoisotopic (exact) mass is 338 g/mol. The van der Waals surface area contributed by atoms with Crippen LogP contribution in [0.5, 0.6) is 0 Å². The average molecular weight is 338 g/mol. The second-order valence-corrected chi connectivity index (χ2v) is 8.62. The van der Waals surface area contributed by atoms with Gasteiger partial charge in [0.1, 0.15) is 5.01 Å². The van der Waals surface area contributed by atoms with E-state index in [2.05, 4.69) is 9.71 Å². The molecule has 1 aromatic carbocycles. The van der Waals surface area contributed by atoms with Crippen LogP contribution in [0.15, 0.2) is 41.8 Å². The van der Waals surface area contributed by atoms with Crippen molar-refractivity contribution >= 4 is 42.9 Å². The van der Waals surface area contributed by atoms with Crippen molar-refractivity contribution in [2.45, 2.75) is 13.0 Å². The fourth-order valence-corrected chi connectivity index (χ4v) is 4.76. The summed E-state index contributed by atoms with van der Waals surface area (Å²) in [6.07, 6.45) is 0.548. The number of aromatic nitrogens is 1. The molecule has 0 atom stereocenters. The lowest BCUT2D eigenvalue weighted by atomic mass is 10.3. The molecule has 2 aromatic heterocycles. The molecule has 0 aliphatic carbocycles. The Morgan fingerprint density at radius 1 is 1.14 bits per heavy atom. The Kier molecular flexibility index (Phi) is 4.34. The van der Waals surface area contributed by atoms with Crippen molar-refractivity contribution in [3.8, 4) is 0 Å². The Labute approximate surface area is 131 Å². The number of para-hydroxylation sites is 1. The highest BCUT2D eigenvalue weighted by Crippen LogP contribution is 2.21. The average Bonchev–Trinajstić information content (AvgIpc) is 3.12. The zero-order valence-electron chi connectivity index (χ0n) is 11.2. The Morgan fingerprint density at radius 2 is 2.00 bits per heavy atom. The van der Waals surface area contributed by atoms with Crippen LogP contribution in [0.25, 0.3) is 10.2 Å². The lowest BCUT2D eigenvalue weighted by molar-refractivity contribution is 0.580. The summed E-state index contributed by atoms with van der Waals surface area (Å²) in [5.41, 5.74) is 0.912. The largest absolute Gasteiger partial charge is 0.240 e. The number of sulfonamides is 1. The zero-order valence-corrected chi connectivity index (χ0v) is 13.6. The van der Waals surface area contributed by atoms with Crippen molar-refractivity contribution in [3.63, 3.8) is 0 Å². The van der Waals surface area contributed by atoms with Crippen molar-refractivity contribution in [2.24, 2.45) is 0 Å². The van der Waals surface area contributed by atoms with Crippen LogP contribution in [0, 0.1) is 0 Å². The predicted molar refractivity (Wildman–Crippen MR) is 88.3 cm³/mol. The molecule has 0 saturated heterocycles. The molecule has 0 saturated carbocycles. The highest BCUT2D eigenvalue weighted by molar-refractivity contribution is 7.89. The summed E-state index contributed by atoms with van der Waals surface area (Å²) in [5, 5.41) is 2.74. The van der Waals surface area contributed by atoms with E-state index >= 15 is 0 Å². The normalized spacial score (nSPS) is 12.0. The SMILES string of the molecule is O=S(=O)(CCc1cccs1)NCc1nc2ccccc2s1. The number of thiophene rings is 1. The first-order valence-corrected chi connectivity index (χ1v) is 9.81. The van der Waals surface area contributed by atoms with Crippen LogP contribution in [0.4, 0.5) is 0 Å². The van der Waals surface area contributed by atoms with E-state index in [1.54, 1.807) is 11.3 Å². The molecule has 0 amide bonds. The Hall–Kier alpha value is -1.28. The number of nitrogens with zero attached hydrogens (tertiary/aromatic N) is 1. The van der Waals surface area contributed by atoms with E-state index in [1.807, 2.05) is 41.8 Å². The first kappa shape index (κ1) is 14.6. The van der Waals surface area contributed by atoms with Gasteiger partial charge in [-0.05, 0) is 30.0 Å². The predicted octanol–water partition coefficient (Wildman–Crippen LogP) is 3.02. The van der Waals surface area contributed by atoms with Gasteiger partial charge in [-0.2, -0.15) is 0 Å².